The summed E-state index contributed by atoms with van der Waals surface area (Å²) in [6.07, 6.45) is 3.41. The van der Waals surface area contributed by atoms with Crippen LogP contribution in [0.2, 0.25) is 0 Å². The molecule has 0 fully saturated rings. The Hall–Kier alpha value is -1.75. The highest BCUT2D eigenvalue weighted by Gasteiger charge is 2.10. The van der Waals surface area contributed by atoms with Crippen molar-refractivity contribution in [2.24, 2.45) is 0 Å². The lowest BCUT2D eigenvalue weighted by Crippen LogP contribution is -2.22. The molecule has 2 aromatic heterocycles. The summed E-state index contributed by atoms with van der Waals surface area (Å²) in [6.45, 7) is 6.98. The summed E-state index contributed by atoms with van der Waals surface area (Å²) >= 11 is 0. The minimum absolute atomic E-state index is 0.198. The Morgan fingerprint density at radius 3 is 2.72 bits per heavy atom. The van der Waals surface area contributed by atoms with Crippen LogP contribution < -0.4 is 5.32 Å². The topological polar surface area (TPSA) is 55.6 Å². The van der Waals surface area contributed by atoms with Crippen molar-refractivity contribution in [1.82, 2.24) is 25.1 Å². The number of hydrogen-bond acceptors (Lipinski definition) is 4. The maximum absolute atomic E-state index is 4.33. The van der Waals surface area contributed by atoms with Gasteiger partial charge >= 0.3 is 0 Å². The summed E-state index contributed by atoms with van der Waals surface area (Å²) in [5.41, 5.74) is 1.04. The van der Waals surface area contributed by atoms with Crippen molar-refractivity contribution in [3.05, 3.63) is 42.2 Å². The van der Waals surface area contributed by atoms with E-state index in [-0.39, 0.29) is 6.04 Å². The maximum Gasteiger partial charge on any atom is 0.141 e. The van der Waals surface area contributed by atoms with Gasteiger partial charge in [-0.25, -0.2) is 9.67 Å². The summed E-state index contributed by atoms with van der Waals surface area (Å²) in [6, 6.07) is 6.46. The Kier molecular flexibility index (Phi) is 4.04. The molecule has 0 aliphatic rings. The van der Waals surface area contributed by atoms with E-state index in [1.54, 1.807) is 6.33 Å². The first-order chi connectivity index (χ1) is 8.68. The fourth-order valence-corrected chi connectivity index (χ4v) is 1.81. The third-order valence-electron chi connectivity index (χ3n) is 2.83. The second-order valence-corrected chi connectivity index (χ2v) is 4.57. The van der Waals surface area contributed by atoms with Crippen LogP contribution in [0.1, 0.15) is 44.4 Å². The summed E-state index contributed by atoms with van der Waals surface area (Å²) in [5, 5.41) is 7.63. The van der Waals surface area contributed by atoms with Crippen LogP contribution in [-0.2, 0) is 6.54 Å². The van der Waals surface area contributed by atoms with Crippen molar-refractivity contribution in [3.63, 3.8) is 0 Å². The highest BCUT2D eigenvalue weighted by Crippen LogP contribution is 2.10. The van der Waals surface area contributed by atoms with Crippen LogP contribution in [0.5, 0.6) is 0 Å². The van der Waals surface area contributed by atoms with E-state index in [0.29, 0.717) is 12.6 Å². The molecule has 18 heavy (non-hydrogen) atoms. The summed E-state index contributed by atoms with van der Waals surface area (Å²) in [7, 11) is 0. The molecule has 0 amide bonds. The van der Waals surface area contributed by atoms with Gasteiger partial charge in [0, 0.05) is 18.3 Å². The zero-order valence-corrected chi connectivity index (χ0v) is 11.0. The molecule has 0 bridgehead atoms. The number of nitrogens with one attached hydrogen (secondary N) is 1. The molecule has 96 valence electrons. The average Bonchev–Trinajstić information content (AvgIpc) is 2.85. The largest absolute Gasteiger partial charge is 0.302 e. The lowest BCUT2D eigenvalue weighted by Gasteiger charge is -2.14. The van der Waals surface area contributed by atoms with Crippen molar-refractivity contribution < 1.29 is 0 Å². The van der Waals surface area contributed by atoms with Gasteiger partial charge in [0.05, 0.1) is 12.2 Å². The molecular formula is C13H19N5. The summed E-state index contributed by atoms with van der Waals surface area (Å²) < 4.78 is 1.93. The van der Waals surface area contributed by atoms with Gasteiger partial charge in [-0.2, -0.15) is 5.10 Å². The Morgan fingerprint density at radius 2 is 2.06 bits per heavy atom. The van der Waals surface area contributed by atoms with Gasteiger partial charge in [-0.1, -0.05) is 6.07 Å². The van der Waals surface area contributed by atoms with E-state index in [1.165, 1.54) is 0 Å². The molecule has 2 rings (SSSR count). The first-order valence-corrected chi connectivity index (χ1v) is 6.21. The predicted molar refractivity (Wildman–Crippen MR) is 69.9 cm³/mol. The van der Waals surface area contributed by atoms with E-state index < -0.39 is 0 Å². The minimum atomic E-state index is 0.198. The molecule has 0 spiro atoms. The number of rotatable bonds is 5. The van der Waals surface area contributed by atoms with Crippen LogP contribution >= 0.6 is 0 Å². The van der Waals surface area contributed by atoms with Gasteiger partial charge in [-0.05, 0) is 32.9 Å². The number of nitrogens with zero attached hydrogens (tertiary/aromatic N) is 4. The number of pyridine rings is 1. The second-order valence-electron chi connectivity index (χ2n) is 4.57. The molecule has 0 saturated carbocycles. The third kappa shape index (κ3) is 2.92. The van der Waals surface area contributed by atoms with E-state index in [1.807, 2.05) is 29.1 Å². The second kappa shape index (κ2) is 5.73. The van der Waals surface area contributed by atoms with Gasteiger partial charge in [0.15, 0.2) is 0 Å². The monoisotopic (exact) mass is 245 g/mol. The smallest absolute Gasteiger partial charge is 0.141 e. The van der Waals surface area contributed by atoms with E-state index >= 15 is 0 Å². The Labute approximate surface area is 107 Å². The van der Waals surface area contributed by atoms with Gasteiger partial charge in [-0.3, -0.25) is 4.98 Å². The molecule has 0 saturated heterocycles. The number of aromatic nitrogens is 4. The molecule has 5 nitrogen and oxygen atoms in total. The van der Waals surface area contributed by atoms with Crippen molar-refractivity contribution in [2.45, 2.75) is 39.4 Å². The fraction of sp³-hybridized carbons (Fsp3) is 0.462. The standard InChI is InChI=1S/C13H19N5/c1-10(2)18-13(16-9-17-18)8-15-11(3)12-6-4-5-7-14-12/h4-7,9-11,15H,8H2,1-3H3/t11-/m1/s1. The molecule has 5 heteroatoms. The van der Waals surface area contributed by atoms with Crippen LogP contribution in [0.4, 0.5) is 0 Å². The highest BCUT2D eigenvalue weighted by atomic mass is 15.4. The average molecular weight is 245 g/mol. The van der Waals surface area contributed by atoms with Gasteiger partial charge in [-0.15, -0.1) is 0 Å². The third-order valence-corrected chi connectivity index (χ3v) is 2.83. The van der Waals surface area contributed by atoms with Crippen LogP contribution in [0, 0.1) is 0 Å². The summed E-state index contributed by atoms with van der Waals surface area (Å²) in [4.78, 5) is 8.60. The molecule has 2 aromatic rings. The minimum Gasteiger partial charge on any atom is -0.302 e. The Bertz CT molecular complexity index is 477. The number of hydrogen-bond donors (Lipinski definition) is 1. The van der Waals surface area contributed by atoms with Crippen LogP contribution in [0.15, 0.2) is 30.7 Å². The van der Waals surface area contributed by atoms with E-state index in [2.05, 4.69) is 41.2 Å². The molecule has 0 aliphatic carbocycles. The summed E-state index contributed by atoms with van der Waals surface area (Å²) in [5.74, 6) is 0.952. The molecular weight excluding hydrogens is 226 g/mol. The molecule has 2 heterocycles. The fourth-order valence-electron chi connectivity index (χ4n) is 1.81. The normalized spacial score (nSPS) is 12.9. The molecule has 0 aromatic carbocycles. The molecule has 1 N–H and O–H groups in total. The van der Waals surface area contributed by atoms with E-state index in [0.717, 1.165) is 11.5 Å². The quantitative estimate of drug-likeness (QED) is 0.876. The Balaban J connectivity index is 1.97. The van der Waals surface area contributed by atoms with Gasteiger partial charge < -0.3 is 5.32 Å². The van der Waals surface area contributed by atoms with Gasteiger partial charge in [0.25, 0.3) is 0 Å². The van der Waals surface area contributed by atoms with E-state index in [9.17, 15) is 0 Å². The van der Waals surface area contributed by atoms with Crippen LogP contribution in [0.3, 0.4) is 0 Å². The molecule has 0 radical (unpaired) electrons. The SMILES string of the molecule is CC(C)n1ncnc1CN[C@H](C)c1ccccn1. The lowest BCUT2D eigenvalue weighted by molar-refractivity contribution is 0.471. The molecule has 0 aliphatic heterocycles. The van der Waals surface area contributed by atoms with Crippen molar-refractivity contribution in [1.29, 1.82) is 0 Å². The molecule has 1 atom stereocenters. The predicted octanol–water partition coefficient (Wildman–Crippen LogP) is 2.10. The zero-order valence-electron chi connectivity index (χ0n) is 11.0. The lowest BCUT2D eigenvalue weighted by atomic mass is 10.2. The first-order valence-electron chi connectivity index (χ1n) is 6.21. The van der Waals surface area contributed by atoms with E-state index in [4.69, 9.17) is 0 Å². The highest BCUT2D eigenvalue weighted by molar-refractivity contribution is 5.07. The first kappa shape index (κ1) is 12.7. The van der Waals surface area contributed by atoms with Gasteiger partial charge in [0.1, 0.15) is 12.2 Å². The van der Waals surface area contributed by atoms with Crippen LogP contribution in [-0.4, -0.2) is 19.7 Å². The van der Waals surface area contributed by atoms with Crippen molar-refractivity contribution in [3.8, 4) is 0 Å². The van der Waals surface area contributed by atoms with Crippen LogP contribution in [0.25, 0.3) is 0 Å². The maximum atomic E-state index is 4.33. The Morgan fingerprint density at radius 1 is 1.22 bits per heavy atom. The van der Waals surface area contributed by atoms with Crippen molar-refractivity contribution in [2.75, 3.05) is 0 Å². The zero-order chi connectivity index (χ0) is 13.0. The van der Waals surface area contributed by atoms with Crippen molar-refractivity contribution >= 4 is 0 Å². The van der Waals surface area contributed by atoms with Gasteiger partial charge in [0.2, 0.25) is 0 Å². The molecule has 0 unspecified atom stereocenters.